The SMILES string of the molecule is CCC(C)c1cnn(C)c(=O)c1. The third-order valence-electron chi connectivity index (χ3n) is 2.17. The van der Waals surface area contributed by atoms with Gasteiger partial charge in [-0.25, -0.2) is 4.68 Å². The smallest absolute Gasteiger partial charge is 0.266 e. The Morgan fingerprint density at radius 3 is 2.83 bits per heavy atom. The van der Waals surface area contributed by atoms with Gasteiger partial charge >= 0.3 is 0 Å². The van der Waals surface area contributed by atoms with Crippen LogP contribution in [-0.4, -0.2) is 9.78 Å². The van der Waals surface area contributed by atoms with Crippen LogP contribution in [0.2, 0.25) is 0 Å². The van der Waals surface area contributed by atoms with E-state index >= 15 is 0 Å². The molecule has 3 heteroatoms. The lowest BCUT2D eigenvalue weighted by Gasteiger charge is -2.07. The topological polar surface area (TPSA) is 34.9 Å². The number of hydrogen-bond donors (Lipinski definition) is 0. The Bertz CT molecular complexity index is 317. The summed E-state index contributed by atoms with van der Waals surface area (Å²) in [5.74, 6) is 0.423. The van der Waals surface area contributed by atoms with Crippen LogP contribution < -0.4 is 5.56 Å². The molecule has 1 atom stereocenters. The molecule has 3 nitrogen and oxygen atoms in total. The van der Waals surface area contributed by atoms with Crippen LogP contribution in [0.5, 0.6) is 0 Å². The lowest BCUT2D eigenvalue weighted by Crippen LogP contribution is -2.19. The summed E-state index contributed by atoms with van der Waals surface area (Å²) in [6, 6.07) is 1.65. The van der Waals surface area contributed by atoms with Crippen LogP contribution >= 0.6 is 0 Å². The van der Waals surface area contributed by atoms with Gasteiger partial charge in [-0.05, 0) is 17.9 Å². The molecule has 1 aromatic rings. The molecule has 0 aliphatic rings. The average molecular weight is 166 g/mol. The van der Waals surface area contributed by atoms with E-state index in [1.165, 1.54) is 4.68 Å². The average Bonchev–Trinajstić information content (AvgIpc) is 2.08. The molecule has 66 valence electrons. The zero-order valence-corrected chi connectivity index (χ0v) is 7.74. The van der Waals surface area contributed by atoms with Crippen molar-refractivity contribution in [2.45, 2.75) is 26.2 Å². The van der Waals surface area contributed by atoms with Crippen LogP contribution in [-0.2, 0) is 7.05 Å². The van der Waals surface area contributed by atoms with Crippen molar-refractivity contribution in [1.82, 2.24) is 9.78 Å². The first-order chi connectivity index (χ1) is 5.65. The Balaban J connectivity index is 3.05. The van der Waals surface area contributed by atoms with E-state index in [9.17, 15) is 4.79 Å². The largest absolute Gasteiger partial charge is 0.268 e. The molecule has 0 aliphatic carbocycles. The Labute approximate surface area is 72.0 Å². The maximum absolute atomic E-state index is 11.2. The van der Waals surface area contributed by atoms with E-state index in [-0.39, 0.29) is 5.56 Å². The molecule has 0 radical (unpaired) electrons. The van der Waals surface area contributed by atoms with Crippen LogP contribution in [0.25, 0.3) is 0 Å². The quantitative estimate of drug-likeness (QED) is 0.663. The van der Waals surface area contributed by atoms with Crippen LogP contribution in [0.1, 0.15) is 31.7 Å². The summed E-state index contributed by atoms with van der Waals surface area (Å²) < 4.78 is 1.34. The minimum Gasteiger partial charge on any atom is -0.268 e. The Morgan fingerprint density at radius 2 is 2.33 bits per heavy atom. The number of hydrogen-bond acceptors (Lipinski definition) is 2. The normalized spacial score (nSPS) is 12.9. The molecule has 0 aliphatic heterocycles. The molecule has 0 spiro atoms. The number of nitrogens with zero attached hydrogens (tertiary/aromatic N) is 2. The molecule has 1 unspecified atom stereocenters. The highest BCUT2D eigenvalue weighted by molar-refractivity contribution is 5.11. The first-order valence-electron chi connectivity index (χ1n) is 4.18. The van der Waals surface area contributed by atoms with Gasteiger partial charge in [-0.3, -0.25) is 4.79 Å². The van der Waals surface area contributed by atoms with E-state index in [2.05, 4.69) is 18.9 Å². The third kappa shape index (κ3) is 1.72. The lowest BCUT2D eigenvalue weighted by atomic mass is 10.0. The number of aromatic nitrogens is 2. The zero-order valence-electron chi connectivity index (χ0n) is 7.74. The van der Waals surface area contributed by atoms with Crippen molar-refractivity contribution in [3.05, 3.63) is 28.2 Å². The van der Waals surface area contributed by atoms with E-state index < -0.39 is 0 Å². The molecule has 12 heavy (non-hydrogen) atoms. The minimum absolute atomic E-state index is 0.0344. The molecule has 0 saturated carbocycles. The van der Waals surface area contributed by atoms with Crippen molar-refractivity contribution >= 4 is 0 Å². The fourth-order valence-corrected chi connectivity index (χ4v) is 0.989. The van der Waals surface area contributed by atoms with Crippen molar-refractivity contribution in [3.8, 4) is 0 Å². The van der Waals surface area contributed by atoms with Gasteiger partial charge in [0.25, 0.3) is 5.56 Å². The van der Waals surface area contributed by atoms with E-state index in [1.807, 2.05) is 0 Å². The number of rotatable bonds is 2. The molecule has 0 N–H and O–H groups in total. The fourth-order valence-electron chi connectivity index (χ4n) is 0.989. The van der Waals surface area contributed by atoms with E-state index in [4.69, 9.17) is 0 Å². The highest BCUT2D eigenvalue weighted by atomic mass is 16.1. The summed E-state index contributed by atoms with van der Waals surface area (Å²) in [7, 11) is 1.66. The standard InChI is InChI=1S/C9H14N2O/c1-4-7(2)8-5-9(12)11(3)10-6-8/h5-7H,4H2,1-3H3. The zero-order chi connectivity index (χ0) is 9.14. The van der Waals surface area contributed by atoms with Crippen molar-refractivity contribution in [1.29, 1.82) is 0 Å². The third-order valence-corrected chi connectivity index (χ3v) is 2.17. The van der Waals surface area contributed by atoms with E-state index in [1.54, 1.807) is 19.3 Å². The summed E-state index contributed by atoms with van der Waals surface area (Å²) in [5, 5.41) is 3.95. The summed E-state index contributed by atoms with van der Waals surface area (Å²) in [6.45, 7) is 4.19. The van der Waals surface area contributed by atoms with Gasteiger partial charge in [0.1, 0.15) is 0 Å². The highest BCUT2D eigenvalue weighted by Gasteiger charge is 2.03. The summed E-state index contributed by atoms with van der Waals surface area (Å²) >= 11 is 0. The van der Waals surface area contributed by atoms with Crippen LogP contribution in [0, 0.1) is 0 Å². The van der Waals surface area contributed by atoms with Crippen LogP contribution in [0.4, 0.5) is 0 Å². The maximum Gasteiger partial charge on any atom is 0.266 e. The second kappa shape index (κ2) is 3.52. The predicted molar refractivity (Wildman–Crippen MR) is 48.2 cm³/mol. The highest BCUT2D eigenvalue weighted by Crippen LogP contribution is 2.14. The molecular formula is C9H14N2O. The lowest BCUT2D eigenvalue weighted by molar-refractivity contribution is 0.668. The van der Waals surface area contributed by atoms with Crippen molar-refractivity contribution in [3.63, 3.8) is 0 Å². The first kappa shape index (κ1) is 8.97. The van der Waals surface area contributed by atoms with Crippen molar-refractivity contribution < 1.29 is 0 Å². The fraction of sp³-hybridized carbons (Fsp3) is 0.556. The first-order valence-corrected chi connectivity index (χ1v) is 4.18. The molecule has 0 bridgehead atoms. The molecule has 1 heterocycles. The summed E-state index contributed by atoms with van der Waals surface area (Å²) in [6.07, 6.45) is 2.80. The van der Waals surface area contributed by atoms with Gasteiger partial charge in [0.15, 0.2) is 0 Å². The van der Waals surface area contributed by atoms with Gasteiger partial charge in [-0.2, -0.15) is 5.10 Å². The van der Waals surface area contributed by atoms with Gasteiger partial charge in [-0.15, -0.1) is 0 Å². The molecule has 1 aromatic heterocycles. The van der Waals surface area contributed by atoms with Crippen LogP contribution in [0.3, 0.4) is 0 Å². The second-order valence-electron chi connectivity index (χ2n) is 3.06. The van der Waals surface area contributed by atoms with Crippen LogP contribution in [0.15, 0.2) is 17.1 Å². The summed E-state index contributed by atoms with van der Waals surface area (Å²) in [5.41, 5.74) is 0.994. The van der Waals surface area contributed by atoms with E-state index in [0.717, 1.165) is 12.0 Å². The van der Waals surface area contributed by atoms with Crippen molar-refractivity contribution in [2.24, 2.45) is 7.05 Å². The maximum atomic E-state index is 11.2. The molecule has 1 rings (SSSR count). The monoisotopic (exact) mass is 166 g/mol. The van der Waals surface area contributed by atoms with Gasteiger partial charge in [0.05, 0.1) is 6.20 Å². The predicted octanol–water partition coefficient (Wildman–Crippen LogP) is 1.29. The Hall–Kier alpha value is -1.12. The minimum atomic E-state index is -0.0344. The van der Waals surface area contributed by atoms with E-state index in [0.29, 0.717) is 5.92 Å². The Morgan fingerprint density at radius 1 is 1.67 bits per heavy atom. The van der Waals surface area contributed by atoms with Crippen molar-refractivity contribution in [2.75, 3.05) is 0 Å². The molecule has 0 amide bonds. The van der Waals surface area contributed by atoms with Gasteiger partial charge in [0.2, 0.25) is 0 Å². The number of aryl methyl sites for hydroxylation is 1. The van der Waals surface area contributed by atoms with Gasteiger partial charge in [0, 0.05) is 13.1 Å². The molecule has 0 fully saturated rings. The molecule has 0 saturated heterocycles. The van der Waals surface area contributed by atoms with Gasteiger partial charge in [-0.1, -0.05) is 13.8 Å². The van der Waals surface area contributed by atoms with Gasteiger partial charge < -0.3 is 0 Å². The Kier molecular flexibility index (Phi) is 2.63. The summed E-state index contributed by atoms with van der Waals surface area (Å²) in [4.78, 5) is 11.2. The molecular weight excluding hydrogens is 152 g/mol. The molecule has 0 aromatic carbocycles. The second-order valence-corrected chi connectivity index (χ2v) is 3.06.